The van der Waals surface area contributed by atoms with Crippen LogP contribution in [-0.4, -0.2) is 62.3 Å². The van der Waals surface area contributed by atoms with Gasteiger partial charge in [0.2, 0.25) is 5.91 Å². The van der Waals surface area contributed by atoms with Crippen LogP contribution in [0.5, 0.6) is 23.0 Å². The molecule has 8 nitrogen and oxygen atoms in total. The molecule has 1 fully saturated rings. The number of likely N-dealkylation sites (tertiary alicyclic amines) is 1. The van der Waals surface area contributed by atoms with E-state index in [1.54, 1.807) is 18.2 Å². The molecule has 1 saturated heterocycles. The number of benzene rings is 2. The maximum atomic E-state index is 13.5. The zero-order valence-corrected chi connectivity index (χ0v) is 21.5. The van der Waals surface area contributed by atoms with Gasteiger partial charge in [-0.1, -0.05) is 24.6 Å². The first kappa shape index (κ1) is 25.2. The highest BCUT2D eigenvalue weighted by Gasteiger charge is 2.42. The maximum absolute atomic E-state index is 13.5. The van der Waals surface area contributed by atoms with E-state index in [0.717, 1.165) is 31.4 Å². The molecule has 5 rings (SSSR count). The van der Waals surface area contributed by atoms with E-state index < -0.39 is 5.41 Å². The highest BCUT2D eigenvalue weighted by molar-refractivity contribution is 5.84. The molecule has 198 valence electrons. The van der Waals surface area contributed by atoms with Gasteiger partial charge in [-0.3, -0.25) is 9.59 Å². The van der Waals surface area contributed by atoms with Crippen LogP contribution in [0.25, 0.3) is 0 Å². The Morgan fingerprint density at radius 1 is 1.00 bits per heavy atom. The van der Waals surface area contributed by atoms with Crippen molar-refractivity contribution in [2.45, 2.75) is 51.5 Å². The minimum Gasteiger partial charge on any atom is -0.491 e. The van der Waals surface area contributed by atoms with Gasteiger partial charge >= 0.3 is 0 Å². The summed E-state index contributed by atoms with van der Waals surface area (Å²) in [7, 11) is 0. The Bertz CT molecular complexity index is 1110. The number of piperidine rings is 1. The molecule has 3 aliphatic rings. The number of para-hydroxylation sites is 1. The number of ether oxygens (including phenoxy) is 4. The van der Waals surface area contributed by atoms with Gasteiger partial charge in [-0.05, 0) is 62.8 Å². The predicted octanol–water partition coefficient (Wildman–Crippen LogP) is 3.76. The molecule has 0 aromatic heterocycles. The monoisotopic (exact) mass is 508 g/mol. The second-order valence-corrected chi connectivity index (χ2v) is 10.3. The van der Waals surface area contributed by atoms with Crippen molar-refractivity contribution in [2.75, 3.05) is 39.5 Å². The maximum Gasteiger partial charge on any atom is 0.260 e. The Morgan fingerprint density at radius 2 is 1.78 bits per heavy atom. The van der Waals surface area contributed by atoms with Gasteiger partial charge in [0, 0.05) is 19.2 Å². The van der Waals surface area contributed by atoms with Gasteiger partial charge in [0.1, 0.15) is 31.3 Å². The van der Waals surface area contributed by atoms with E-state index in [2.05, 4.69) is 11.4 Å². The summed E-state index contributed by atoms with van der Waals surface area (Å²) in [6.45, 7) is 4.48. The van der Waals surface area contributed by atoms with E-state index in [4.69, 9.17) is 18.9 Å². The van der Waals surface area contributed by atoms with Gasteiger partial charge in [-0.25, -0.2) is 0 Å². The van der Waals surface area contributed by atoms with Crippen LogP contribution in [0, 0.1) is 5.41 Å². The Balaban J connectivity index is 1.17. The summed E-state index contributed by atoms with van der Waals surface area (Å²) in [5.41, 5.74) is 0.759. The smallest absolute Gasteiger partial charge is 0.260 e. The SMILES string of the molecule is C[C@H]1COc2ccccc2CCCCC2(CCN(C(=O)COc3ccc4c(c3)OCCO4)CC2)C(=O)N1. The van der Waals surface area contributed by atoms with Crippen LogP contribution in [0.2, 0.25) is 0 Å². The molecule has 0 radical (unpaired) electrons. The van der Waals surface area contributed by atoms with Crippen molar-refractivity contribution in [1.82, 2.24) is 10.2 Å². The first-order chi connectivity index (χ1) is 18.0. The molecule has 2 amide bonds. The minimum atomic E-state index is -0.458. The summed E-state index contributed by atoms with van der Waals surface area (Å²) < 4.78 is 22.9. The number of hydrogen-bond acceptors (Lipinski definition) is 6. The van der Waals surface area contributed by atoms with Crippen molar-refractivity contribution < 1.29 is 28.5 Å². The number of hydrogen-bond donors (Lipinski definition) is 1. The summed E-state index contributed by atoms with van der Waals surface area (Å²) in [6.07, 6.45) is 5.01. The van der Waals surface area contributed by atoms with Gasteiger partial charge in [-0.15, -0.1) is 0 Å². The fourth-order valence-electron chi connectivity index (χ4n) is 5.39. The lowest BCUT2D eigenvalue weighted by Crippen LogP contribution is -2.53. The number of fused-ring (bicyclic) bond motifs is 2. The highest BCUT2D eigenvalue weighted by atomic mass is 16.6. The standard InChI is InChI=1S/C29H36N2O6/c1-21-19-37-24-8-3-2-6-22(24)7-4-5-11-29(28(33)30-21)12-14-31(15-13-29)27(32)20-36-23-9-10-25-26(18-23)35-17-16-34-25/h2-3,6,8-10,18,21H,4-5,7,11-17,19-20H2,1H3,(H,30,33)/t21-/m0/s1. The van der Waals surface area contributed by atoms with Crippen molar-refractivity contribution >= 4 is 11.8 Å². The second kappa shape index (κ2) is 11.3. The molecule has 2 aromatic rings. The van der Waals surface area contributed by atoms with Gasteiger partial charge in [0.05, 0.1) is 11.5 Å². The summed E-state index contributed by atoms with van der Waals surface area (Å²) in [6, 6.07) is 13.4. The Labute approximate surface area is 218 Å². The molecule has 8 heteroatoms. The lowest BCUT2D eigenvalue weighted by atomic mass is 9.73. The summed E-state index contributed by atoms with van der Waals surface area (Å²) in [4.78, 5) is 28.2. The first-order valence-electron chi connectivity index (χ1n) is 13.3. The normalized spacial score (nSPS) is 21.5. The van der Waals surface area contributed by atoms with Crippen LogP contribution in [-0.2, 0) is 16.0 Å². The van der Waals surface area contributed by atoms with Crippen molar-refractivity contribution in [1.29, 1.82) is 0 Å². The van der Waals surface area contributed by atoms with E-state index in [0.29, 0.717) is 63.0 Å². The number of nitrogens with one attached hydrogen (secondary N) is 1. The van der Waals surface area contributed by atoms with Gasteiger partial charge in [-0.2, -0.15) is 0 Å². The molecule has 1 atom stereocenters. The van der Waals surface area contributed by atoms with Crippen LogP contribution < -0.4 is 24.3 Å². The van der Waals surface area contributed by atoms with Crippen molar-refractivity contribution in [2.24, 2.45) is 5.41 Å². The molecule has 3 heterocycles. The quantitative estimate of drug-likeness (QED) is 0.680. The summed E-state index contributed by atoms with van der Waals surface area (Å²) in [5.74, 6) is 2.81. The molecule has 1 spiro atoms. The average Bonchev–Trinajstić information content (AvgIpc) is 2.93. The van der Waals surface area contributed by atoms with Crippen LogP contribution in [0.1, 0.15) is 44.6 Å². The molecule has 0 aliphatic carbocycles. The largest absolute Gasteiger partial charge is 0.491 e. The molecular weight excluding hydrogens is 472 g/mol. The van der Waals surface area contributed by atoms with E-state index in [-0.39, 0.29) is 24.5 Å². The predicted molar refractivity (Wildman–Crippen MR) is 138 cm³/mol. The van der Waals surface area contributed by atoms with Gasteiger partial charge < -0.3 is 29.2 Å². The van der Waals surface area contributed by atoms with E-state index in [1.807, 2.05) is 30.0 Å². The fourth-order valence-corrected chi connectivity index (χ4v) is 5.39. The second-order valence-electron chi connectivity index (χ2n) is 10.3. The minimum absolute atomic E-state index is 0.0490. The van der Waals surface area contributed by atoms with Crippen molar-refractivity contribution in [3.8, 4) is 23.0 Å². The number of carbonyl (C=O) groups excluding carboxylic acids is 2. The third-order valence-electron chi connectivity index (χ3n) is 7.62. The van der Waals surface area contributed by atoms with E-state index in [1.165, 1.54) is 5.56 Å². The number of amides is 2. The van der Waals surface area contributed by atoms with Crippen molar-refractivity contribution in [3.63, 3.8) is 0 Å². The van der Waals surface area contributed by atoms with Gasteiger partial charge in [0.15, 0.2) is 18.1 Å². The lowest BCUT2D eigenvalue weighted by Gasteiger charge is -2.41. The third-order valence-corrected chi connectivity index (χ3v) is 7.62. The van der Waals surface area contributed by atoms with Gasteiger partial charge in [0.25, 0.3) is 5.91 Å². The zero-order chi connectivity index (χ0) is 25.7. The highest BCUT2D eigenvalue weighted by Crippen LogP contribution is 2.38. The summed E-state index contributed by atoms with van der Waals surface area (Å²) >= 11 is 0. The molecule has 0 unspecified atom stereocenters. The molecule has 1 N–H and O–H groups in total. The number of nitrogens with zero attached hydrogens (tertiary/aromatic N) is 1. The lowest BCUT2D eigenvalue weighted by molar-refractivity contribution is -0.142. The molecule has 37 heavy (non-hydrogen) atoms. The number of aryl methyl sites for hydroxylation is 1. The summed E-state index contributed by atoms with van der Waals surface area (Å²) in [5, 5.41) is 3.19. The first-order valence-corrected chi connectivity index (χ1v) is 13.3. The fraction of sp³-hybridized carbons (Fsp3) is 0.517. The molecule has 3 aliphatic heterocycles. The molecular formula is C29H36N2O6. The van der Waals surface area contributed by atoms with Crippen LogP contribution in [0.3, 0.4) is 0 Å². The van der Waals surface area contributed by atoms with Crippen LogP contribution >= 0.6 is 0 Å². The zero-order valence-electron chi connectivity index (χ0n) is 21.5. The van der Waals surface area contributed by atoms with Crippen molar-refractivity contribution in [3.05, 3.63) is 48.0 Å². The van der Waals surface area contributed by atoms with Crippen LogP contribution in [0.4, 0.5) is 0 Å². The Morgan fingerprint density at radius 3 is 2.62 bits per heavy atom. The molecule has 0 bridgehead atoms. The number of carbonyl (C=O) groups is 2. The van der Waals surface area contributed by atoms with Crippen LogP contribution in [0.15, 0.2) is 42.5 Å². The average molecular weight is 509 g/mol. The molecule has 0 saturated carbocycles. The topological polar surface area (TPSA) is 86.3 Å². The van der Waals surface area contributed by atoms with E-state index >= 15 is 0 Å². The third kappa shape index (κ3) is 5.95. The van der Waals surface area contributed by atoms with E-state index in [9.17, 15) is 9.59 Å². The number of rotatable bonds is 3. The molecule has 2 aromatic carbocycles. The Hall–Kier alpha value is -3.42. The Kier molecular flexibility index (Phi) is 7.72.